The third-order valence-electron chi connectivity index (χ3n) is 6.78. The summed E-state index contributed by atoms with van der Waals surface area (Å²) in [6, 6.07) is 9.77. The number of amides is 1. The van der Waals surface area contributed by atoms with Crippen molar-refractivity contribution in [3.63, 3.8) is 0 Å². The van der Waals surface area contributed by atoms with Crippen molar-refractivity contribution in [3.8, 4) is 11.5 Å². The minimum atomic E-state index is -0.440. The number of halogens is 1. The summed E-state index contributed by atoms with van der Waals surface area (Å²) in [4.78, 5) is 22.9. The van der Waals surface area contributed by atoms with E-state index in [1.54, 1.807) is 31.5 Å². The van der Waals surface area contributed by atoms with Crippen molar-refractivity contribution in [2.24, 2.45) is 22.4 Å². The third kappa shape index (κ3) is 4.88. The summed E-state index contributed by atoms with van der Waals surface area (Å²) in [5, 5.41) is 14.9. The van der Waals surface area contributed by atoms with Gasteiger partial charge in [-0.1, -0.05) is 19.8 Å². The molecule has 174 valence electrons. The standard InChI is InChI=1S/C24H26BrN3O5/c1-24-10-4-3-5-18(24)21(24)23(29)27-26-13-16-11-19(25)22(20(12-16)32-2)33-14-15-6-8-17(9-7-15)28(30)31/h6-9,11-13,18,21H,3-5,10,14H2,1-2H3,(H,27,29)/b26-13-/t18-,21+,24-/m1/s1. The molecule has 4 rings (SSSR count). The van der Waals surface area contributed by atoms with E-state index in [1.807, 2.05) is 6.07 Å². The number of nitrogens with one attached hydrogen (secondary N) is 1. The second-order valence-electron chi connectivity index (χ2n) is 8.82. The van der Waals surface area contributed by atoms with Gasteiger partial charge in [0.05, 0.1) is 22.7 Å². The summed E-state index contributed by atoms with van der Waals surface area (Å²) in [6.07, 6.45) is 6.24. The van der Waals surface area contributed by atoms with Crippen molar-refractivity contribution < 1.29 is 19.2 Å². The Labute approximate surface area is 200 Å². The fourth-order valence-corrected chi connectivity index (χ4v) is 5.49. The zero-order valence-corrected chi connectivity index (χ0v) is 20.1. The number of methoxy groups -OCH3 is 1. The van der Waals surface area contributed by atoms with Crippen LogP contribution in [0.1, 0.15) is 43.7 Å². The molecule has 0 radical (unpaired) electrons. The van der Waals surface area contributed by atoms with Gasteiger partial charge >= 0.3 is 0 Å². The maximum Gasteiger partial charge on any atom is 0.269 e. The number of rotatable bonds is 8. The van der Waals surface area contributed by atoms with Gasteiger partial charge in [-0.05, 0) is 75.5 Å². The Morgan fingerprint density at radius 1 is 1.33 bits per heavy atom. The van der Waals surface area contributed by atoms with Gasteiger partial charge in [0.2, 0.25) is 5.91 Å². The first kappa shape index (κ1) is 23.2. The number of carbonyl (C=O) groups excluding carboxylic acids is 1. The molecule has 0 unspecified atom stereocenters. The summed E-state index contributed by atoms with van der Waals surface area (Å²) >= 11 is 3.50. The Morgan fingerprint density at radius 2 is 2.09 bits per heavy atom. The lowest BCUT2D eigenvalue weighted by Gasteiger charge is -2.15. The van der Waals surface area contributed by atoms with Crippen molar-refractivity contribution in [3.05, 3.63) is 62.1 Å². The second kappa shape index (κ2) is 9.51. The fourth-order valence-electron chi connectivity index (χ4n) is 4.91. The van der Waals surface area contributed by atoms with Gasteiger partial charge in [0.15, 0.2) is 11.5 Å². The Kier molecular flexibility index (Phi) is 6.69. The topological polar surface area (TPSA) is 103 Å². The number of nitrogens with zero attached hydrogens (tertiary/aromatic N) is 2. The Hall–Kier alpha value is -2.94. The summed E-state index contributed by atoms with van der Waals surface area (Å²) in [6.45, 7) is 2.43. The van der Waals surface area contributed by atoms with Crippen LogP contribution < -0.4 is 14.9 Å². The van der Waals surface area contributed by atoms with Crippen molar-refractivity contribution >= 4 is 33.7 Å². The molecule has 0 saturated heterocycles. The molecule has 0 spiro atoms. The number of non-ortho nitro benzene ring substituents is 1. The molecule has 2 saturated carbocycles. The number of nitro groups is 1. The van der Waals surface area contributed by atoms with E-state index in [4.69, 9.17) is 9.47 Å². The number of hydrazone groups is 1. The molecule has 0 heterocycles. The molecule has 2 aliphatic rings. The van der Waals surface area contributed by atoms with Crippen LogP contribution in [0.3, 0.4) is 0 Å². The number of nitro benzene ring substituents is 1. The maximum absolute atomic E-state index is 12.6. The Morgan fingerprint density at radius 3 is 2.73 bits per heavy atom. The number of fused-ring (bicyclic) bond motifs is 1. The van der Waals surface area contributed by atoms with Crippen LogP contribution in [-0.2, 0) is 11.4 Å². The summed E-state index contributed by atoms with van der Waals surface area (Å²) < 4.78 is 12.0. The first-order valence-electron chi connectivity index (χ1n) is 10.9. The van der Waals surface area contributed by atoms with Crippen LogP contribution in [0.25, 0.3) is 0 Å². The molecule has 2 aromatic rings. The second-order valence-corrected chi connectivity index (χ2v) is 9.67. The van der Waals surface area contributed by atoms with E-state index in [1.165, 1.54) is 25.0 Å². The van der Waals surface area contributed by atoms with Crippen LogP contribution >= 0.6 is 15.9 Å². The summed E-state index contributed by atoms with van der Waals surface area (Å²) in [7, 11) is 1.54. The molecule has 33 heavy (non-hydrogen) atoms. The maximum atomic E-state index is 12.6. The first-order chi connectivity index (χ1) is 15.8. The summed E-state index contributed by atoms with van der Waals surface area (Å²) in [5.41, 5.74) is 4.40. The van der Waals surface area contributed by atoms with Gasteiger partial charge in [-0.2, -0.15) is 5.10 Å². The van der Waals surface area contributed by atoms with Crippen LogP contribution in [0.2, 0.25) is 0 Å². The predicted molar refractivity (Wildman–Crippen MR) is 127 cm³/mol. The highest BCUT2D eigenvalue weighted by molar-refractivity contribution is 9.10. The first-order valence-corrected chi connectivity index (χ1v) is 11.7. The molecular formula is C24H26BrN3O5. The lowest BCUT2D eigenvalue weighted by Crippen LogP contribution is -2.22. The van der Waals surface area contributed by atoms with Crippen LogP contribution in [0.5, 0.6) is 11.5 Å². The van der Waals surface area contributed by atoms with E-state index in [2.05, 4.69) is 33.4 Å². The largest absolute Gasteiger partial charge is 0.493 e. The molecule has 3 atom stereocenters. The highest BCUT2D eigenvalue weighted by atomic mass is 79.9. The highest BCUT2D eigenvalue weighted by Crippen LogP contribution is 2.66. The molecule has 1 N–H and O–H groups in total. The van der Waals surface area contributed by atoms with Crippen LogP contribution in [-0.4, -0.2) is 24.2 Å². The van der Waals surface area contributed by atoms with E-state index >= 15 is 0 Å². The average molecular weight is 516 g/mol. The quantitative estimate of drug-likeness (QED) is 0.294. The monoisotopic (exact) mass is 515 g/mol. The molecular weight excluding hydrogens is 490 g/mol. The highest BCUT2D eigenvalue weighted by Gasteiger charge is 2.64. The molecule has 9 heteroatoms. The Bertz CT molecular complexity index is 1090. The van der Waals surface area contributed by atoms with Gasteiger partial charge in [0, 0.05) is 18.1 Å². The van der Waals surface area contributed by atoms with Crippen LogP contribution in [0, 0.1) is 27.4 Å². The number of benzene rings is 2. The van der Waals surface area contributed by atoms with Crippen LogP contribution in [0.4, 0.5) is 5.69 Å². The van der Waals surface area contributed by atoms with Gasteiger partial charge in [0.25, 0.3) is 5.69 Å². The Balaban J connectivity index is 1.38. The van der Waals surface area contributed by atoms with Gasteiger partial charge < -0.3 is 9.47 Å². The molecule has 2 aromatic carbocycles. The zero-order chi connectivity index (χ0) is 23.6. The van der Waals surface area contributed by atoms with Crippen molar-refractivity contribution in [1.29, 1.82) is 0 Å². The van der Waals surface area contributed by atoms with Crippen LogP contribution in [0.15, 0.2) is 46.0 Å². The lowest BCUT2D eigenvalue weighted by atomic mass is 9.90. The van der Waals surface area contributed by atoms with E-state index in [0.29, 0.717) is 21.9 Å². The molecule has 8 nitrogen and oxygen atoms in total. The van der Waals surface area contributed by atoms with Gasteiger partial charge in [-0.3, -0.25) is 14.9 Å². The van der Waals surface area contributed by atoms with E-state index in [0.717, 1.165) is 24.0 Å². The van der Waals surface area contributed by atoms with Crippen molar-refractivity contribution in [2.45, 2.75) is 39.2 Å². The van der Waals surface area contributed by atoms with E-state index < -0.39 is 4.92 Å². The SMILES string of the molecule is COc1cc(/C=N\NC(=O)[C@@H]2[C@H]3CCCC[C@]32C)cc(Br)c1OCc1ccc([N+](=O)[O-])cc1. The van der Waals surface area contributed by atoms with Crippen molar-refractivity contribution in [2.75, 3.05) is 7.11 Å². The number of carbonyl (C=O) groups is 1. The smallest absolute Gasteiger partial charge is 0.269 e. The molecule has 1 amide bonds. The van der Waals surface area contributed by atoms with Gasteiger partial charge in [-0.25, -0.2) is 5.43 Å². The minimum Gasteiger partial charge on any atom is -0.493 e. The normalized spacial score (nSPS) is 23.6. The molecule has 0 aliphatic heterocycles. The van der Waals surface area contributed by atoms with Crippen molar-refractivity contribution in [1.82, 2.24) is 5.43 Å². The number of hydrogen-bond acceptors (Lipinski definition) is 6. The van der Waals surface area contributed by atoms with E-state index in [-0.39, 0.29) is 29.5 Å². The third-order valence-corrected chi connectivity index (χ3v) is 7.37. The van der Waals surface area contributed by atoms with Gasteiger partial charge in [-0.15, -0.1) is 0 Å². The predicted octanol–water partition coefficient (Wildman–Crippen LogP) is 5.22. The average Bonchev–Trinajstić information content (AvgIpc) is 3.43. The lowest BCUT2D eigenvalue weighted by molar-refractivity contribution is -0.384. The molecule has 0 bridgehead atoms. The number of ether oxygens (including phenoxy) is 2. The van der Waals surface area contributed by atoms with E-state index in [9.17, 15) is 14.9 Å². The molecule has 2 fully saturated rings. The molecule has 0 aromatic heterocycles. The minimum absolute atomic E-state index is 0.00488. The van der Waals surface area contributed by atoms with Gasteiger partial charge in [0.1, 0.15) is 6.61 Å². The number of hydrogen-bond donors (Lipinski definition) is 1. The molecule has 2 aliphatic carbocycles. The fraction of sp³-hybridized carbons (Fsp3) is 0.417. The zero-order valence-electron chi connectivity index (χ0n) is 18.5. The summed E-state index contributed by atoms with van der Waals surface area (Å²) in [5.74, 6) is 1.55.